The Kier molecular flexibility index (Phi) is 2.04. The molecule has 1 rings (SSSR count). The zero-order valence-electron chi connectivity index (χ0n) is 8.05. The highest BCUT2D eigenvalue weighted by molar-refractivity contribution is 7.93. The average molecular weight is 192 g/mol. The summed E-state index contributed by atoms with van der Waals surface area (Å²) in [6.45, 7) is 6.02. The summed E-state index contributed by atoms with van der Waals surface area (Å²) in [6.07, 6.45) is 0. The smallest absolute Gasteiger partial charge is 0.156 e. The summed E-state index contributed by atoms with van der Waals surface area (Å²) in [7, 11) is -1.23. The van der Waals surface area contributed by atoms with Crippen LogP contribution in [0.1, 0.15) is 20.8 Å². The first-order valence-electron chi connectivity index (χ1n) is 3.98. The van der Waals surface area contributed by atoms with E-state index in [1.54, 1.807) is 7.11 Å². The van der Waals surface area contributed by atoms with Gasteiger partial charge in [-0.25, -0.2) is 8.42 Å². The first-order valence-corrected chi connectivity index (χ1v) is 5.80. The zero-order valence-corrected chi connectivity index (χ0v) is 8.86. The molecule has 0 spiro atoms. The summed E-state index contributed by atoms with van der Waals surface area (Å²) in [4.78, 5) is 0. The maximum atomic E-state index is 11.0. The predicted molar refractivity (Wildman–Crippen MR) is 47.8 cm³/mol. The van der Waals surface area contributed by atoms with Gasteiger partial charge in [-0.3, -0.25) is 0 Å². The number of sulfone groups is 1. The van der Waals surface area contributed by atoms with Gasteiger partial charge in [-0.1, -0.05) is 20.8 Å². The van der Waals surface area contributed by atoms with Crippen molar-refractivity contribution in [1.82, 2.24) is 0 Å². The van der Waals surface area contributed by atoms with E-state index in [-0.39, 0.29) is 16.9 Å². The van der Waals surface area contributed by atoms with Crippen molar-refractivity contribution in [2.24, 2.45) is 5.41 Å². The summed E-state index contributed by atoms with van der Waals surface area (Å²) in [6, 6.07) is 0. The van der Waals surface area contributed by atoms with Crippen LogP contribution in [0.4, 0.5) is 0 Å². The lowest BCUT2D eigenvalue weighted by atomic mass is 9.78. The molecule has 1 fully saturated rings. The van der Waals surface area contributed by atoms with Gasteiger partial charge in [0.05, 0.1) is 11.5 Å². The average Bonchev–Trinajstić information content (AvgIpc) is 1.78. The predicted octanol–water partition coefficient (Wildman–Crippen LogP) is 0.846. The van der Waals surface area contributed by atoms with E-state index in [4.69, 9.17) is 4.74 Å². The quantitative estimate of drug-likeness (QED) is 0.618. The topological polar surface area (TPSA) is 43.4 Å². The molecule has 0 aliphatic carbocycles. The summed E-state index contributed by atoms with van der Waals surface area (Å²) in [5, 5.41) is 0. The third-order valence-electron chi connectivity index (χ3n) is 2.66. The van der Waals surface area contributed by atoms with Gasteiger partial charge >= 0.3 is 0 Å². The van der Waals surface area contributed by atoms with Crippen molar-refractivity contribution in [3.63, 3.8) is 0 Å². The molecule has 0 atom stereocenters. The normalized spacial score (nSPS) is 26.3. The molecule has 0 radical (unpaired) electrons. The largest absolute Gasteiger partial charge is 0.376 e. The number of methoxy groups -OCH3 is 1. The van der Waals surface area contributed by atoms with Gasteiger partial charge in [0.15, 0.2) is 9.84 Å². The van der Waals surface area contributed by atoms with Crippen LogP contribution in [0.3, 0.4) is 0 Å². The van der Waals surface area contributed by atoms with E-state index in [0.717, 1.165) is 0 Å². The minimum absolute atomic E-state index is 0.104. The van der Waals surface area contributed by atoms with Crippen LogP contribution in [0.2, 0.25) is 0 Å². The Morgan fingerprint density at radius 1 is 1.25 bits per heavy atom. The first-order chi connectivity index (χ1) is 5.22. The van der Waals surface area contributed by atoms with Crippen molar-refractivity contribution >= 4 is 9.84 Å². The molecule has 3 nitrogen and oxygen atoms in total. The minimum Gasteiger partial charge on any atom is -0.376 e. The Bertz CT molecular complexity index is 259. The highest BCUT2D eigenvalue weighted by atomic mass is 32.2. The van der Waals surface area contributed by atoms with Crippen LogP contribution in [0.5, 0.6) is 0 Å². The fraction of sp³-hybridized carbons (Fsp3) is 1.00. The molecular formula is C8H16O3S. The van der Waals surface area contributed by atoms with Crippen LogP contribution < -0.4 is 0 Å². The molecule has 0 saturated carbocycles. The van der Waals surface area contributed by atoms with E-state index < -0.39 is 15.4 Å². The lowest BCUT2D eigenvalue weighted by molar-refractivity contribution is -0.0675. The third-order valence-corrected chi connectivity index (χ3v) is 4.48. The molecule has 1 saturated heterocycles. The number of ether oxygens (including phenoxy) is 1. The summed E-state index contributed by atoms with van der Waals surface area (Å²) < 4.78 is 27.4. The summed E-state index contributed by atoms with van der Waals surface area (Å²) in [5.74, 6) is 0.333. The van der Waals surface area contributed by atoms with Crippen LogP contribution in [-0.2, 0) is 14.6 Å². The minimum atomic E-state index is -2.81. The molecule has 0 aromatic rings. The van der Waals surface area contributed by atoms with Gasteiger partial charge in [0.1, 0.15) is 5.60 Å². The Morgan fingerprint density at radius 3 is 1.75 bits per heavy atom. The van der Waals surface area contributed by atoms with Gasteiger partial charge in [0, 0.05) is 7.11 Å². The zero-order chi connectivity index (χ0) is 9.62. The Balaban J connectivity index is 2.86. The SMILES string of the molecule is COC1(C(C)(C)C)CS(=O)(=O)C1. The first kappa shape index (κ1) is 9.99. The van der Waals surface area contributed by atoms with Gasteiger partial charge < -0.3 is 4.74 Å². The molecule has 0 amide bonds. The molecule has 1 aliphatic rings. The van der Waals surface area contributed by atoms with Crippen LogP contribution in [-0.4, -0.2) is 32.6 Å². The maximum absolute atomic E-state index is 11.0. The monoisotopic (exact) mass is 192 g/mol. The summed E-state index contributed by atoms with van der Waals surface area (Å²) >= 11 is 0. The fourth-order valence-corrected chi connectivity index (χ4v) is 3.96. The van der Waals surface area contributed by atoms with Crippen LogP contribution in [0, 0.1) is 5.41 Å². The second-order valence-electron chi connectivity index (χ2n) is 4.48. The van der Waals surface area contributed by atoms with Crippen molar-refractivity contribution in [2.45, 2.75) is 26.4 Å². The molecular weight excluding hydrogens is 176 g/mol. The molecule has 4 heteroatoms. The van der Waals surface area contributed by atoms with E-state index in [9.17, 15) is 8.42 Å². The van der Waals surface area contributed by atoms with Crippen molar-refractivity contribution < 1.29 is 13.2 Å². The van der Waals surface area contributed by atoms with Crippen molar-refractivity contribution in [3.05, 3.63) is 0 Å². The van der Waals surface area contributed by atoms with Gasteiger partial charge in [-0.2, -0.15) is 0 Å². The third kappa shape index (κ3) is 1.38. The molecule has 0 bridgehead atoms. The van der Waals surface area contributed by atoms with Crippen LogP contribution in [0.15, 0.2) is 0 Å². The van der Waals surface area contributed by atoms with Crippen LogP contribution in [0.25, 0.3) is 0 Å². The molecule has 0 aromatic carbocycles. The molecule has 0 N–H and O–H groups in total. The Labute approximate surface area is 74.0 Å². The standard InChI is InChI=1S/C8H16O3S/c1-7(2,3)8(11-4)5-12(9,10)6-8/h5-6H2,1-4H3. The van der Waals surface area contributed by atoms with Crippen molar-refractivity contribution in [1.29, 1.82) is 0 Å². The molecule has 12 heavy (non-hydrogen) atoms. The van der Waals surface area contributed by atoms with Gasteiger partial charge in [-0.15, -0.1) is 0 Å². The lowest BCUT2D eigenvalue weighted by Gasteiger charge is -2.49. The number of rotatable bonds is 1. The van der Waals surface area contributed by atoms with Crippen molar-refractivity contribution in [3.8, 4) is 0 Å². The second kappa shape index (κ2) is 2.45. The van der Waals surface area contributed by atoms with E-state index in [2.05, 4.69) is 0 Å². The van der Waals surface area contributed by atoms with Gasteiger partial charge in [-0.05, 0) is 5.41 Å². The Hall–Kier alpha value is -0.0900. The number of hydrogen-bond donors (Lipinski definition) is 0. The van der Waals surface area contributed by atoms with E-state index in [1.807, 2.05) is 20.8 Å². The highest BCUT2D eigenvalue weighted by Gasteiger charge is 2.56. The maximum Gasteiger partial charge on any atom is 0.156 e. The van der Waals surface area contributed by atoms with Gasteiger partial charge in [0.25, 0.3) is 0 Å². The van der Waals surface area contributed by atoms with Gasteiger partial charge in [0.2, 0.25) is 0 Å². The van der Waals surface area contributed by atoms with E-state index >= 15 is 0 Å². The van der Waals surface area contributed by atoms with Crippen molar-refractivity contribution in [2.75, 3.05) is 18.6 Å². The van der Waals surface area contributed by atoms with E-state index in [1.165, 1.54) is 0 Å². The second-order valence-corrected chi connectivity index (χ2v) is 6.55. The Morgan fingerprint density at radius 2 is 1.67 bits per heavy atom. The van der Waals surface area contributed by atoms with E-state index in [0.29, 0.717) is 0 Å². The molecule has 0 unspecified atom stereocenters. The molecule has 1 aliphatic heterocycles. The fourth-order valence-electron chi connectivity index (χ4n) is 1.53. The summed E-state index contributed by atoms with van der Waals surface area (Å²) in [5.41, 5.74) is -0.557. The number of hydrogen-bond acceptors (Lipinski definition) is 3. The molecule has 72 valence electrons. The van der Waals surface area contributed by atoms with Crippen LogP contribution >= 0.6 is 0 Å². The molecule has 0 aromatic heterocycles. The highest BCUT2D eigenvalue weighted by Crippen LogP contribution is 2.42. The lowest BCUT2D eigenvalue weighted by Crippen LogP contribution is -2.63. The molecule has 1 heterocycles.